The molecule has 2 aromatic rings. The fraction of sp³-hybridized carbons (Fsp3) is 0.476. The van der Waals surface area contributed by atoms with Crippen LogP contribution in [0.3, 0.4) is 0 Å². The van der Waals surface area contributed by atoms with Crippen LogP contribution < -0.4 is 5.56 Å². The average Bonchev–Trinajstić information content (AvgIpc) is 2.69. The standard InChI is InChI=1S/C21H24ClN3O3/c22-17-6-4-15(5-7-17)18-8-9-19(26)25(23-18)14-20(27)24-12-11-21(28)10-2-1-3-16(21)13-24/h4-9,16,28H,1-3,10-14H2/t16-,21+/m0/s1. The topological polar surface area (TPSA) is 75.4 Å². The van der Waals surface area contributed by atoms with E-state index < -0.39 is 5.60 Å². The number of hydrogen-bond donors (Lipinski definition) is 1. The van der Waals surface area contributed by atoms with E-state index in [0.717, 1.165) is 31.2 Å². The Hall–Kier alpha value is -2.18. The number of rotatable bonds is 3. The monoisotopic (exact) mass is 401 g/mol. The second kappa shape index (κ2) is 7.68. The lowest BCUT2D eigenvalue weighted by atomic mass is 9.71. The molecule has 0 unspecified atom stereocenters. The van der Waals surface area contributed by atoms with Crippen LogP contribution in [-0.2, 0) is 11.3 Å². The molecule has 1 amide bonds. The van der Waals surface area contributed by atoms with Crippen molar-refractivity contribution in [1.29, 1.82) is 0 Å². The number of halogens is 1. The van der Waals surface area contributed by atoms with Gasteiger partial charge in [-0.05, 0) is 37.5 Å². The Balaban J connectivity index is 1.49. The Kier molecular flexibility index (Phi) is 5.25. The molecule has 0 radical (unpaired) electrons. The summed E-state index contributed by atoms with van der Waals surface area (Å²) in [7, 11) is 0. The van der Waals surface area contributed by atoms with E-state index in [1.165, 1.54) is 10.7 Å². The molecule has 2 fully saturated rings. The molecule has 148 valence electrons. The normalized spacial score (nSPS) is 24.6. The van der Waals surface area contributed by atoms with Gasteiger partial charge in [0, 0.05) is 35.7 Å². The molecule has 2 atom stereocenters. The van der Waals surface area contributed by atoms with Crippen LogP contribution >= 0.6 is 11.6 Å². The summed E-state index contributed by atoms with van der Waals surface area (Å²) in [4.78, 5) is 26.8. The highest BCUT2D eigenvalue weighted by Gasteiger charge is 2.43. The number of carbonyl (C=O) groups excluding carboxylic acids is 1. The highest BCUT2D eigenvalue weighted by Crippen LogP contribution is 2.39. The van der Waals surface area contributed by atoms with Gasteiger partial charge in [0.1, 0.15) is 6.54 Å². The van der Waals surface area contributed by atoms with Crippen LogP contribution in [0.15, 0.2) is 41.2 Å². The maximum atomic E-state index is 12.8. The third-order valence-electron chi connectivity index (χ3n) is 6.07. The Morgan fingerprint density at radius 2 is 1.96 bits per heavy atom. The van der Waals surface area contributed by atoms with Crippen LogP contribution in [0.1, 0.15) is 32.1 Å². The minimum absolute atomic E-state index is 0.0919. The summed E-state index contributed by atoms with van der Waals surface area (Å²) in [6, 6.07) is 10.3. The highest BCUT2D eigenvalue weighted by molar-refractivity contribution is 6.30. The van der Waals surface area contributed by atoms with Crippen molar-refractivity contribution >= 4 is 17.5 Å². The summed E-state index contributed by atoms with van der Waals surface area (Å²) in [5, 5.41) is 15.8. The van der Waals surface area contributed by atoms with Gasteiger partial charge in [0.2, 0.25) is 5.91 Å². The SMILES string of the molecule is O=C(Cn1nc(-c2ccc(Cl)cc2)ccc1=O)N1CC[C@]2(O)CCCC[C@H]2C1. The fourth-order valence-electron chi connectivity index (χ4n) is 4.36. The first kappa shape index (κ1) is 19.2. The van der Waals surface area contributed by atoms with E-state index in [0.29, 0.717) is 30.2 Å². The molecule has 0 bridgehead atoms. The predicted molar refractivity (Wildman–Crippen MR) is 107 cm³/mol. The molecule has 28 heavy (non-hydrogen) atoms. The molecule has 1 aliphatic carbocycles. The summed E-state index contributed by atoms with van der Waals surface area (Å²) in [5.74, 6) is -0.000452. The van der Waals surface area contributed by atoms with Crippen LogP contribution in [0.5, 0.6) is 0 Å². The third-order valence-corrected chi connectivity index (χ3v) is 6.32. The van der Waals surface area contributed by atoms with E-state index in [9.17, 15) is 14.7 Å². The van der Waals surface area contributed by atoms with Gasteiger partial charge in [-0.3, -0.25) is 9.59 Å². The molecule has 0 spiro atoms. The zero-order chi connectivity index (χ0) is 19.7. The van der Waals surface area contributed by atoms with Crippen molar-refractivity contribution in [3.63, 3.8) is 0 Å². The largest absolute Gasteiger partial charge is 0.389 e. The van der Waals surface area contributed by atoms with E-state index >= 15 is 0 Å². The first-order chi connectivity index (χ1) is 13.4. The minimum atomic E-state index is -0.626. The average molecular weight is 402 g/mol. The molecule has 4 rings (SSSR count). The van der Waals surface area contributed by atoms with E-state index in [2.05, 4.69) is 5.10 Å². The summed E-state index contributed by atoms with van der Waals surface area (Å²) >= 11 is 5.93. The number of aliphatic hydroxyl groups is 1. The molecule has 2 heterocycles. The molecule has 1 aromatic carbocycles. The van der Waals surface area contributed by atoms with Gasteiger partial charge in [-0.2, -0.15) is 5.10 Å². The molecule has 1 N–H and O–H groups in total. The lowest BCUT2D eigenvalue weighted by Crippen LogP contribution is -2.55. The second-order valence-corrected chi connectivity index (χ2v) is 8.29. The summed E-state index contributed by atoms with van der Waals surface area (Å²) in [6.07, 6.45) is 4.53. The lowest BCUT2D eigenvalue weighted by molar-refractivity contribution is -0.144. The van der Waals surface area contributed by atoms with Crippen molar-refractivity contribution in [3.05, 3.63) is 51.8 Å². The maximum Gasteiger partial charge on any atom is 0.267 e. The number of aromatic nitrogens is 2. The van der Waals surface area contributed by atoms with Gasteiger partial charge >= 0.3 is 0 Å². The van der Waals surface area contributed by atoms with Crippen LogP contribution in [0, 0.1) is 5.92 Å². The minimum Gasteiger partial charge on any atom is -0.389 e. The molecule has 1 saturated carbocycles. The quantitative estimate of drug-likeness (QED) is 0.858. The summed E-state index contributed by atoms with van der Waals surface area (Å²) in [5.41, 5.74) is 0.510. The van der Waals surface area contributed by atoms with Crippen LogP contribution in [0.4, 0.5) is 0 Å². The molecule has 2 aliphatic rings. The first-order valence-electron chi connectivity index (χ1n) is 9.79. The molecule has 7 heteroatoms. The molecular weight excluding hydrogens is 378 g/mol. The molecule has 6 nitrogen and oxygen atoms in total. The second-order valence-electron chi connectivity index (χ2n) is 7.86. The number of piperidine rings is 1. The van der Waals surface area contributed by atoms with Crippen molar-refractivity contribution in [2.24, 2.45) is 5.92 Å². The smallest absolute Gasteiger partial charge is 0.267 e. The Labute approximate surface area is 168 Å². The first-order valence-corrected chi connectivity index (χ1v) is 10.2. The predicted octanol–water partition coefficient (Wildman–Crippen LogP) is 2.72. The summed E-state index contributed by atoms with van der Waals surface area (Å²) in [6.45, 7) is 0.990. The molecule has 1 aliphatic heterocycles. The zero-order valence-corrected chi connectivity index (χ0v) is 16.4. The molecule has 1 saturated heterocycles. The number of amides is 1. The zero-order valence-electron chi connectivity index (χ0n) is 15.7. The fourth-order valence-corrected chi connectivity index (χ4v) is 4.49. The van der Waals surface area contributed by atoms with Crippen molar-refractivity contribution in [3.8, 4) is 11.3 Å². The molecular formula is C21H24ClN3O3. The van der Waals surface area contributed by atoms with Crippen molar-refractivity contribution in [1.82, 2.24) is 14.7 Å². The van der Waals surface area contributed by atoms with Crippen LogP contribution in [0.25, 0.3) is 11.3 Å². The van der Waals surface area contributed by atoms with Crippen molar-refractivity contribution in [2.45, 2.75) is 44.2 Å². The van der Waals surface area contributed by atoms with E-state index in [1.807, 2.05) is 12.1 Å². The van der Waals surface area contributed by atoms with Gasteiger partial charge in [-0.25, -0.2) is 4.68 Å². The third kappa shape index (κ3) is 3.84. The van der Waals surface area contributed by atoms with Gasteiger partial charge in [-0.1, -0.05) is 36.6 Å². The maximum absolute atomic E-state index is 12.8. The number of hydrogen-bond acceptors (Lipinski definition) is 4. The van der Waals surface area contributed by atoms with Crippen LogP contribution in [-0.4, -0.2) is 44.4 Å². The highest BCUT2D eigenvalue weighted by atomic mass is 35.5. The summed E-state index contributed by atoms with van der Waals surface area (Å²) < 4.78 is 1.22. The van der Waals surface area contributed by atoms with Gasteiger partial charge in [0.05, 0.1) is 11.3 Å². The van der Waals surface area contributed by atoms with Crippen molar-refractivity contribution in [2.75, 3.05) is 13.1 Å². The molecule has 1 aromatic heterocycles. The van der Waals surface area contributed by atoms with Gasteiger partial charge in [0.25, 0.3) is 5.56 Å². The Bertz CT molecular complexity index is 927. The van der Waals surface area contributed by atoms with Gasteiger partial charge in [0.15, 0.2) is 0 Å². The lowest BCUT2D eigenvalue weighted by Gasteiger charge is -2.47. The van der Waals surface area contributed by atoms with Gasteiger partial charge in [-0.15, -0.1) is 0 Å². The van der Waals surface area contributed by atoms with E-state index in [4.69, 9.17) is 11.6 Å². The number of likely N-dealkylation sites (tertiary alicyclic amines) is 1. The Morgan fingerprint density at radius 3 is 2.75 bits per heavy atom. The number of carbonyl (C=O) groups is 1. The van der Waals surface area contributed by atoms with E-state index in [1.54, 1.807) is 23.1 Å². The van der Waals surface area contributed by atoms with Crippen LogP contribution in [0.2, 0.25) is 5.02 Å². The van der Waals surface area contributed by atoms with E-state index in [-0.39, 0.29) is 23.9 Å². The number of benzene rings is 1. The Morgan fingerprint density at radius 1 is 1.18 bits per heavy atom. The van der Waals surface area contributed by atoms with Gasteiger partial charge < -0.3 is 10.0 Å². The number of fused-ring (bicyclic) bond motifs is 1. The van der Waals surface area contributed by atoms with Crippen molar-refractivity contribution < 1.29 is 9.90 Å². The number of nitrogens with zero attached hydrogens (tertiary/aromatic N) is 3.